The summed E-state index contributed by atoms with van der Waals surface area (Å²) in [6.45, 7) is 0.557. The van der Waals surface area contributed by atoms with Gasteiger partial charge in [0.05, 0.1) is 26.5 Å². The molecule has 0 unspecified atom stereocenters. The highest BCUT2D eigenvalue weighted by molar-refractivity contribution is 7.99. The zero-order chi connectivity index (χ0) is 23.0. The molecular weight excluding hydrogens is 436 g/mol. The molecule has 3 aromatic rings. The zero-order valence-corrected chi connectivity index (χ0v) is 19.9. The Morgan fingerprint density at radius 3 is 2.52 bits per heavy atom. The van der Waals surface area contributed by atoms with Crippen molar-refractivity contribution in [2.75, 3.05) is 25.3 Å². The summed E-state index contributed by atoms with van der Waals surface area (Å²) in [4.78, 5) is 12.8. The fourth-order valence-electron chi connectivity index (χ4n) is 4.16. The Morgan fingerprint density at radius 2 is 1.76 bits per heavy atom. The summed E-state index contributed by atoms with van der Waals surface area (Å²) in [6, 6.07) is 15.5. The van der Waals surface area contributed by atoms with Crippen LogP contribution in [0.5, 0.6) is 11.5 Å². The molecule has 0 atom stereocenters. The first-order valence-corrected chi connectivity index (χ1v) is 12.3. The number of carbonyl (C=O) groups is 1. The standard InChI is InChI=1S/C25H30N4O3S/c1-31-21-12-6-8-18(14-21)23(30)17-33-25-28-27-24(29(25)20-10-4-3-5-11-20)16-26-19-9-7-13-22(15-19)32-2/h6-9,12-15,20,26H,3-5,10-11,16-17H2,1-2H3. The lowest BCUT2D eigenvalue weighted by molar-refractivity contribution is 0.102. The molecule has 1 saturated carbocycles. The molecule has 1 N–H and O–H groups in total. The van der Waals surface area contributed by atoms with Gasteiger partial charge in [-0.2, -0.15) is 0 Å². The minimum atomic E-state index is 0.0492. The van der Waals surface area contributed by atoms with Crippen molar-refractivity contribution < 1.29 is 14.3 Å². The lowest BCUT2D eigenvalue weighted by atomic mass is 9.95. The molecule has 0 spiro atoms. The van der Waals surface area contributed by atoms with E-state index >= 15 is 0 Å². The second-order valence-electron chi connectivity index (χ2n) is 8.09. The van der Waals surface area contributed by atoms with Gasteiger partial charge in [-0.3, -0.25) is 4.79 Å². The van der Waals surface area contributed by atoms with Gasteiger partial charge in [-0.05, 0) is 37.1 Å². The Bertz CT molecular complexity index is 1080. The maximum Gasteiger partial charge on any atom is 0.191 e. The van der Waals surface area contributed by atoms with Gasteiger partial charge < -0.3 is 19.4 Å². The first-order valence-electron chi connectivity index (χ1n) is 11.3. The Balaban J connectivity index is 1.49. The van der Waals surface area contributed by atoms with E-state index in [4.69, 9.17) is 9.47 Å². The van der Waals surface area contributed by atoms with E-state index < -0.39 is 0 Å². The molecule has 0 amide bonds. The molecule has 174 valence electrons. The summed E-state index contributed by atoms with van der Waals surface area (Å²) in [6.07, 6.45) is 5.91. The molecule has 33 heavy (non-hydrogen) atoms. The molecule has 1 aliphatic rings. The van der Waals surface area contributed by atoms with E-state index in [0.29, 0.717) is 29.7 Å². The molecule has 1 aliphatic carbocycles. The van der Waals surface area contributed by atoms with Crippen LogP contribution in [0.25, 0.3) is 0 Å². The molecule has 0 bridgehead atoms. The number of Topliss-reactive ketones (excluding diaryl/α,β-unsaturated/α-hetero) is 1. The lowest BCUT2D eigenvalue weighted by Gasteiger charge is -2.25. The third-order valence-electron chi connectivity index (χ3n) is 5.92. The van der Waals surface area contributed by atoms with Gasteiger partial charge in [0.1, 0.15) is 11.5 Å². The van der Waals surface area contributed by atoms with Crippen molar-refractivity contribution in [1.82, 2.24) is 14.8 Å². The number of carbonyl (C=O) groups excluding carboxylic acids is 1. The van der Waals surface area contributed by atoms with Crippen LogP contribution in [0.2, 0.25) is 0 Å². The van der Waals surface area contributed by atoms with E-state index in [-0.39, 0.29) is 5.78 Å². The zero-order valence-electron chi connectivity index (χ0n) is 19.1. The Hall–Kier alpha value is -3.00. The highest BCUT2D eigenvalue weighted by atomic mass is 32.2. The molecule has 1 aromatic heterocycles. The fourth-order valence-corrected chi connectivity index (χ4v) is 5.08. The molecule has 7 nitrogen and oxygen atoms in total. The van der Waals surface area contributed by atoms with Crippen LogP contribution < -0.4 is 14.8 Å². The van der Waals surface area contributed by atoms with Crippen molar-refractivity contribution in [3.8, 4) is 11.5 Å². The summed E-state index contributed by atoms with van der Waals surface area (Å²) < 4.78 is 12.8. The van der Waals surface area contributed by atoms with E-state index in [1.54, 1.807) is 20.3 Å². The summed E-state index contributed by atoms with van der Waals surface area (Å²) in [7, 11) is 3.27. The van der Waals surface area contributed by atoms with Crippen LogP contribution >= 0.6 is 11.8 Å². The van der Waals surface area contributed by atoms with Gasteiger partial charge in [-0.15, -0.1) is 10.2 Å². The van der Waals surface area contributed by atoms with Gasteiger partial charge in [0.15, 0.2) is 16.8 Å². The summed E-state index contributed by atoms with van der Waals surface area (Å²) in [5.41, 5.74) is 1.61. The number of ketones is 1. The minimum Gasteiger partial charge on any atom is -0.497 e. The van der Waals surface area contributed by atoms with Gasteiger partial charge >= 0.3 is 0 Å². The monoisotopic (exact) mass is 466 g/mol. The molecule has 4 rings (SSSR count). The third-order valence-corrected chi connectivity index (χ3v) is 6.86. The fraction of sp³-hybridized carbons (Fsp3) is 0.400. The van der Waals surface area contributed by atoms with Gasteiger partial charge in [0.25, 0.3) is 0 Å². The average molecular weight is 467 g/mol. The van der Waals surface area contributed by atoms with Crippen LogP contribution in [0, 0.1) is 0 Å². The number of benzene rings is 2. The number of hydrogen-bond acceptors (Lipinski definition) is 7. The molecule has 1 heterocycles. The minimum absolute atomic E-state index is 0.0492. The van der Waals surface area contributed by atoms with E-state index in [1.807, 2.05) is 42.5 Å². The predicted octanol–water partition coefficient (Wildman–Crippen LogP) is 5.39. The number of hydrogen-bond donors (Lipinski definition) is 1. The topological polar surface area (TPSA) is 78.3 Å². The molecule has 0 radical (unpaired) electrons. The van der Waals surface area contributed by atoms with Crippen molar-refractivity contribution in [1.29, 1.82) is 0 Å². The molecule has 0 aliphatic heterocycles. The second kappa shape index (κ2) is 11.2. The normalized spacial score (nSPS) is 14.1. The first-order chi connectivity index (χ1) is 16.2. The van der Waals surface area contributed by atoms with E-state index in [1.165, 1.54) is 31.0 Å². The lowest BCUT2D eigenvalue weighted by Crippen LogP contribution is -2.18. The quantitative estimate of drug-likeness (QED) is 0.317. The highest BCUT2D eigenvalue weighted by Crippen LogP contribution is 2.33. The molecule has 0 saturated heterocycles. The summed E-state index contributed by atoms with van der Waals surface area (Å²) in [5, 5.41) is 13.2. The first kappa shape index (κ1) is 23.2. The Labute approximate surface area is 198 Å². The molecule has 1 fully saturated rings. The van der Waals surface area contributed by atoms with Crippen LogP contribution in [0.3, 0.4) is 0 Å². The maximum absolute atomic E-state index is 12.8. The van der Waals surface area contributed by atoms with Gasteiger partial charge in [0.2, 0.25) is 0 Å². The van der Waals surface area contributed by atoms with E-state index in [2.05, 4.69) is 20.1 Å². The summed E-state index contributed by atoms with van der Waals surface area (Å²) in [5.74, 6) is 2.74. The number of nitrogens with one attached hydrogen (secondary N) is 1. The van der Waals surface area contributed by atoms with Crippen LogP contribution in [0.15, 0.2) is 53.7 Å². The number of thioether (sulfide) groups is 1. The van der Waals surface area contributed by atoms with Crippen molar-refractivity contribution in [3.05, 3.63) is 59.9 Å². The van der Waals surface area contributed by atoms with Crippen molar-refractivity contribution in [3.63, 3.8) is 0 Å². The average Bonchev–Trinajstić information content (AvgIpc) is 3.29. The number of nitrogens with zero attached hydrogens (tertiary/aromatic N) is 3. The molecule has 2 aromatic carbocycles. The molecule has 8 heteroatoms. The largest absolute Gasteiger partial charge is 0.497 e. The van der Waals surface area contributed by atoms with Gasteiger partial charge in [-0.25, -0.2) is 0 Å². The van der Waals surface area contributed by atoms with E-state index in [0.717, 1.165) is 35.3 Å². The second-order valence-corrected chi connectivity index (χ2v) is 9.03. The Morgan fingerprint density at radius 1 is 1.03 bits per heavy atom. The highest BCUT2D eigenvalue weighted by Gasteiger charge is 2.23. The molecular formula is C25H30N4O3S. The van der Waals surface area contributed by atoms with E-state index in [9.17, 15) is 4.79 Å². The van der Waals surface area contributed by atoms with Crippen LogP contribution in [-0.2, 0) is 6.54 Å². The van der Waals surface area contributed by atoms with Crippen LogP contribution in [-0.4, -0.2) is 40.5 Å². The SMILES string of the molecule is COc1cccc(NCc2nnc(SCC(=O)c3cccc(OC)c3)n2C2CCCCC2)c1. The number of rotatable bonds is 10. The number of aromatic nitrogens is 3. The van der Waals surface area contributed by atoms with Gasteiger partial charge in [0, 0.05) is 23.4 Å². The number of anilines is 1. The van der Waals surface area contributed by atoms with Crippen LogP contribution in [0.1, 0.15) is 54.3 Å². The predicted molar refractivity (Wildman–Crippen MR) is 131 cm³/mol. The third kappa shape index (κ3) is 5.87. The number of methoxy groups -OCH3 is 2. The summed E-state index contributed by atoms with van der Waals surface area (Å²) >= 11 is 1.46. The number of ether oxygens (including phenoxy) is 2. The maximum atomic E-state index is 12.8. The van der Waals surface area contributed by atoms with Crippen LogP contribution in [0.4, 0.5) is 5.69 Å². The smallest absolute Gasteiger partial charge is 0.191 e. The van der Waals surface area contributed by atoms with Gasteiger partial charge in [-0.1, -0.05) is 49.2 Å². The van der Waals surface area contributed by atoms with Crippen molar-refractivity contribution in [2.24, 2.45) is 0 Å². The Kier molecular flexibility index (Phi) is 7.88. The van der Waals surface area contributed by atoms with Crippen molar-refractivity contribution in [2.45, 2.75) is 49.8 Å². The van der Waals surface area contributed by atoms with Crippen molar-refractivity contribution >= 4 is 23.2 Å².